The van der Waals surface area contributed by atoms with Crippen LogP contribution < -0.4 is 3.61 Å². The molecule has 0 bridgehead atoms. The fourth-order valence-corrected chi connectivity index (χ4v) is 5.63. The summed E-state index contributed by atoms with van der Waals surface area (Å²) in [5.41, 5.74) is 1.33. The van der Waals surface area contributed by atoms with Gasteiger partial charge in [0.15, 0.2) is 0 Å². The van der Waals surface area contributed by atoms with E-state index in [-0.39, 0.29) is 10.9 Å². The molecule has 2 aromatic rings. The number of benzene rings is 2. The second-order valence-corrected chi connectivity index (χ2v) is 7.29. The zero-order valence-electron chi connectivity index (χ0n) is 9.04. The molecular weight excluding hydrogens is 344 g/mol. The molecule has 1 N–H and O–H groups in total. The van der Waals surface area contributed by atoms with Gasteiger partial charge in [0, 0.05) is 0 Å². The number of hydrogen-bond acceptors (Lipinski definition) is 1. The van der Waals surface area contributed by atoms with Crippen LogP contribution in [0.1, 0.15) is 5.56 Å². The van der Waals surface area contributed by atoms with Gasteiger partial charge in [-0.15, -0.1) is 0 Å². The Kier molecular flexibility index (Phi) is 2.92. The Labute approximate surface area is 116 Å². The fraction of sp³-hybridized carbons (Fsp3) is 0. The van der Waals surface area contributed by atoms with E-state index in [1.54, 1.807) is 28.4 Å². The van der Waals surface area contributed by atoms with Crippen LogP contribution >= 0.6 is 10.9 Å². The van der Waals surface area contributed by atoms with Crippen LogP contribution in [0.2, 0.25) is 0 Å². The van der Waals surface area contributed by atoms with Crippen molar-refractivity contribution in [1.82, 2.24) is 0 Å². The molecule has 86 valence electrons. The predicted molar refractivity (Wildman–Crippen MR) is 75.9 cm³/mol. The molecule has 1 aliphatic heterocycles. The summed E-state index contributed by atoms with van der Waals surface area (Å²) in [5, 5.41) is 11.8. The van der Waals surface area contributed by atoms with Crippen molar-refractivity contribution in [2.45, 2.75) is 9.79 Å². The molecule has 0 saturated heterocycles. The fourth-order valence-electron chi connectivity index (χ4n) is 2.01. The van der Waals surface area contributed by atoms with Gasteiger partial charge >= 0.3 is 117 Å². The number of thiol groups is 1. The summed E-state index contributed by atoms with van der Waals surface area (Å²) >= 11 is 1.67. The molecular formula is C14H12OSTe. The molecule has 0 spiro atoms. The molecule has 0 amide bonds. The summed E-state index contributed by atoms with van der Waals surface area (Å²) in [6.07, 6.45) is 2.21. The van der Waals surface area contributed by atoms with Crippen molar-refractivity contribution in [2.24, 2.45) is 0 Å². The Balaban J connectivity index is 2.10. The Hall–Kier alpha value is -0.880. The Morgan fingerprint density at radius 3 is 2.65 bits per heavy atom. The van der Waals surface area contributed by atoms with Crippen molar-refractivity contribution in [2.75, 3.05) is 0 Å². The molecule has 0 aliphatic carbocycles. The minimum atomic E-state index is -0.368. The summed E-state index contributed by atoms with van der Waals surface area (Å²) in [4.78, 5) is 2.78. The van der Waals surface area contributed by atoms with Crippen LogP contribution in [0, 0.1) is 0 Å². The van der Waals surface area contributed by atoms with Crippen LogP contribution in [-0.2, 0) is 0 Å². The first-order chi connectivity index (χ1) is 8.25. The molecule has 3 rings (SSSR count). The SMILES string of the molecule is Oc1ccc([SH]2C=Cc3ccccc32)c([TeH])c1. The van der Waals surface area contributed by atoms with Crippen molar-refractivity contribution in [3.63, 3.8) is 0 Å². The Morgan fingerprint density at radius 1 is 1.00 bits per heavy atom. The monoisotopic (exact) mass is 358 g/mol. The van der Waals surface area contributed by atoms with Crippen molar-refractivity contribution in [1.29, 1.82) is 0 Å². The van der Waals surface area contributed by atoms with Gasteiger partial charge in [0.05, 0.1) is 0 Å². The normalized spacial score (nSPS) is 19.2. The van der Waals surface area contributed by atoms with E-state index in [0.717, 1.165) is 0 Å². The van der Waals surface area contributed by atoms with Crippen molar-refractivity contribution < 1.29 is 5.11 Å². The van der Waals surface area contributed by atoms with Crippen molar-refractivity contribution in [3.8, 4) is 5.75 Å². The van der Waals surface area contributed by atoms with Gasteiger partial charge in [-0.3, -0.25) is 0 Å². The summed E-state index contributed by atoms with van der Waals surface area (Å²) in [6.45, 7) is 0. The number of fused-ring (bicyclic) bond motifs is 1. The van der Waals surface area contributed by atoms with Gasteiger partial charge in [-0.1, -0.05) is 0 Å². The molecule has 0 fully saturated rings. The molecule has 1 unspecified atom stereocenters. The molecule has 0 radical (unpaired) electrons. The molecule has 2 aromatic carbocycles. The van der Waals surface area contributed by atoms with Crippen LogP contribution in [-0.4, -0.2) is 27.4 Å². The topological polar surface area (TPSA) is 20.2 Å². The molecule has 1 aliphatic rings. The number of phenols is 1. The Morgan fingerprint density at radius 2 is 1.82 bits per heavy atom. The van der Waals surface area contributed by atoms with Crippen LogP contribution in [0.5, 0.6) is 5.75 Å². The van der Waals surface area contributed by atoms with E-state index < -0.39 is 0 Å². The predicted octanol–water partition coefficient (Wildman–Crippen LogP) is 2.32. The second-order valence-electron chi connectivity index (χ2n) is 3.92. The summed E-state index contributed by atoms with van der Waals surface area (Å²) < 4.78 is 1.21. The van der Waals surface area contributed by atoms with Gasteiger partial charge in [0.25, 0.3) is 0 Å². The van der Waals surface area contributed by atoms with E-state index in [1.165, 1.54) is 19.0 Å². The first-order valence-electron chi connectivity index (χ1n) is 5.34. The number of phenolic OH excluding ortho intramolecular Hbond substituents is 1. The van der Waals surface area contributed by atoms with Gasteiger partial charge in [-0.2, -0.15) is 0 Å². The average molecular weight is 356 g/mol. The molecule has 1 nitrogen and oxygen atoms in total. The van der Waals surface area contributed by atoms with Crippen LogP contribution in [0.4, 0.5) is 0 Å². The first kappa shape index (κ1) is 11.2. The third kappa shape index (κ3) is 1.99. The molecule has 17 heavy (non-hydrogen) atoms. The van der Waals surface area contributed by atoms with Crippen LogP contribution in [0.15, 0.2) is 57.7 Å². The van der Waals surface area contributed by atoms with E-state index in [1.807, 2.05) is 6.07 Å². The maximum atomic E-state index is 9.47. The summed E-state index contributed by atoms with van der Waals surface area (Å²) in [6, 6.07) is 14.2. The van der Waals surface area contributed by atoms with Gasteiger partial charge in [0.1, 0.15) is 0 Å². The number of hydrogen-bond donors (Lipinski definition) is 2. The number of rotatable bonds is 1. The minimum absolute atomic E-state index is 0.358. The van der Waals surface area contributed by atoms with Crippen molar-refractivity contribution >= 4 is 42.9 Å². The molecule has 0 aromatic heterocycles. The van der Waals surface area contributed by atoms with Gasteiger partial charge < -0.3 is 0 Å². The van der Waals surface area contributed by atoms with Gasteiger partial charge in [0.2, 0.25) is 0 Å². The van der Waals surface area contributed by atoms with E-state index in [4.69, 9.17) is 0 Å². The van der Waals surface area contributed by atoms with Gasteiger partial charge in [-0.25, -0.2) is 0 Å². The first-order valence-corrected chi connectivity index (χ1v) is 8.03. The second kappa shape index (κ2) is 4.42. The van der Waals surface area contributed by atoms with E-state index in [9.17, 15) is 5.11 Å². The maximum absolute atomic E-state index is 9.47. The summed E-state index contributed by atoms with van der Waals surface area (Å²) in [5.74, 6) is 0.358. The third-order valence-electron chi connectivity index (χ3n) is 2.82. The average Bonchev–Trinajstić information content (AvgIpc) is 2.73. The quantitative estimate of drug-likeness (QED) is 0.594. The van der Waals surface area contributed by atoms with Crippen molar-refractivity contribution in [3.05, 3.63) is 53.4 Å². The molecule has 3 heteroatoms. The number of aromatic hydroxyl groups is 1. The van der Waals surface area contributed by atoms with Crippen LogP contribution in [0.3, 0.4) is 0 Å². The molecule has 1 atom stereocenters. The standard InChI is InChI=1S/C14H12OSTe/c15-11-5-6-13(14(17)9-11)16-8-7-10-3-1-2-4-12(10)16/h1-9,15-17H. The molecule has 0 saturated carbocycles. The zero-order valence-corrected chi connectivity index (χ0v) is 12.5. The van der Waals surface area contributed by atoms with E-state index in [0.29, 0.717) is 5.75 Å². The Bertz CT molecular complexity index is 607. The van der Waals surface area contributed by atoms with E-state index >= 15 is 0 Å². The molecule has 1 heterocycles. The van der Waals surface area contributed by atoms with Crippen LogP contribution in [0.25, 0.3) is 6.08 Å². The summed E-state index contributed by atoms with van der Waals surface area (Å²) in [7, 11) is -0.368. The third-order valence-corrected chi connectivity index (χ3v) is 6.68. The van der Waals surface area contributed by atoms with Gasteiger partial charge in [-0.05, 0) is 0 Å². The zero-order chi connectivity index (χ0) is 11.8. The van der Waals surface area contributed by atoms with E-state index in [2.05, 4.69) is 41.8 Å².